The van der Waals surface area contributed by atoms with Crippen LogP contribution in [0.2, 0.25) is 0 Å². The highest BCUT2D eigenvalue weighted by Gasteiger charge is 2.22. The van der Waals surface area contributed by atoms with Crippen molar-refractivity contribution in [1.82, 2.24) is 24.6 Å². The second kappa shape index (κ2) is 13.0. The summed E-state index contributed by atoms with van der Waals surface area (Å²) in [5.74, 6) is 1.77. The van der Waals surface area contributed by atoms with Crippen molar-refractivity contribution < 1.29 is 4.42 Å². The van der Waals surface area contributed by atoms with E-state index in [1.807, 2.05) is 66.7 Å². The van der Waals surface area contributed by atoms with Crippen molar-refractivity contribution >= 4 is 38.2 Å². The maximum atomic E-state index is 6.14. The highest BCUT2D eigenvalue weighted by Crippen LogP contribution is 2.42. The van der Waals surface area contributed by atoms with Gasteiger partial charge in [0.1, 0.15) is 16.9 Å². The summed E-state index contributed by atoms with van der Waals surface area (Å²) in [6.07, 6.45) is 0. The molecule has 11 aromatic rings. The van der Waals surface area contributed by atoms with E-state index in [1.54, 1.807) is 0 Å². The van der Waals surface area contributed by atoms with Gasteiger partial charge < -0.3 is 4.42 Å². The van der Waals surface area contributed by atoms with Gasteiger partial charge in [-0.05, 0) is 47.3 Å². The molecule has 0 saturated carbocycles. The van der Waals surface area contributed by atoms with Crippen LogP contribution in [-0.4, -0.2) is 24.6 Å². The van der Waals surface area contributed by atoms with Crippen molar-refractivity contribution in [3.05, 3.63) is 188 Å². The molecule has 0 aliphatic carbocycles. The lowest BCUT2D eigenvalue weighted by atomic mass is 9.96. The lowest BCUT2D eigenvalue weighted by Crippen LogP contribution is -2.00. The predicted octanol–water partition coefficient (Wildman–Crippen LogP) is 12.6. The average Bonchev–Trinajstić information content (AvgIpc) is 3.86. The number of furan rings is 1. The molecular weight excluding hydrogens is 687 g/mol. The Labute approximate surface area is 322 Å². The SMILES string of the molecule is c1ccc(-c2nc(-c3cccc(-c4nn5c(-c6ccccc6)cc6ccccc6c5c4-c4ccccc4)c3)nc(-c3ccc4oc5ccccc5c4c3)n2)cc1. The summed E-state index contributed by atoms with van der Waals surface area (Å²) in [6.45, 7) is 0. The summed E-state index contributed by atoms with van der Waals surface area (Å²) in [4.78, 5) is 15.3. The second-order valence-electron chi connectivity index (χ2n) is 13.9. The third-order valence-corrected chi connectivity index (χ3v) is 10.5. The Kier molecular flexibility index (Phi) is 7.38. The van der Waals surface area contributed by atoms with Crippen molar-refractivity contribution in [3.63, 3.8) is 0 Å². The highest BCUT2D eigenvalue weighted by molar-refractivity contribution is 6.09. The van der Waals surface area contributed by atoms with E-state index in [0.717, 1.165) is 88.6 Å². The Balaban J connectivity index is 1.13. The molecule has 0 amide bonds. The number of aromatic nitrogens is 5. The van der Waals surface area contributed by atoms with Gasteiger partial charge in [0.2, 0.25) is 0 Å². The van der Waals surface area contributed by atoms with Crippen LogP contribution < -0.4 is 0 Å². The predicted molar refractivity (Wildman–Crippen MR) is 226 cm³/mol. The number of nitrogens with zero attached hydrogens (tertiary/aromatic N) is 5. The van der Waals surface area contributed by atoms with Crippen LogP contribution in [0.1, 0.15) is 0 Å². The van der Waals surface area contributed by atoms with Gasteiger partial charge in [0.05, 0.1) is 11.2 Å². The largest absolute Gasteiger partial charge is 0.456 e. The van der Waals surface area contributed by atoms with Crippen molar-refractivity contribution in [3.8, 4) is 67.8 Å². The molecule has 0 bridgehead atoms. The van der Waals surface area contributed by atoms with Crippen LogP contribution in [-0.2, 0) is 0 Å². The van der Waals surface area contributed by atoms with Gasteiger partial charge in [0.25, 0.3) is 0 Å². The minimum absolute atomic E-state index is 0.577. The highest BCUT2D eigenvalue weighted by atomic mass is 16.3. The van der Waals surface area contributed by atoms with Crippen LogP contribution in [0.3, 0.4) is 0 Å². The average molecular weight is 718 g/mol. The summed E-state index contributed by atoms with van der Waals surface area (Å²) >= 11 is 0. The molecule has 0 spiro atoms. The van der Waals surface area contributed by atoms with E-state index in [-0.39, 0.29) is 0 Å². The van der Waals surface area contributed by atoms with Gasteiger partial charge in [0.15, 0.2) is 17.5 Å². The van der Waals surface area contributed by atoms with Crippen molar-refractivity contribution in [2.75, 3.05) is 0 Å². The monoisotopic (exact) mass is 717 g/mol. The molecule has 0 radical (unpaired) electrons. The fraction of sp³-hybridized carbons (Fsp3) is 0. The maximum absolute atomic E-state index is 6.14. The molecule has 0 unspecified atom stereocenters. The van der Waals surface area contributed by atoms with Gasteiger partial charge in [-0.1, -0.05) is 152 Å². The minimum atomic E-state index is 0.577. The molecule has 4 aromatic heterocycles. The summed E-state index contributed by atoms with van der Waals surface area (Å²) in [6, 6.07) is 64.5. The third-order valence-electron chi connectivity index (χ3n) is 10.5. The van der Waals surface area contributed by atoms with E-state index < -0.39 is 0 Å². The zero-order valence-corrected chi connectivity index (χ0v) is 30.0. The van der Waals surface area contributed by atoms with Gasteiger partial charge in [0, 0.05) is 49.5 Å². The number of benzene rings is 7. The number of hydrogen-bond acceptors (Lipinski definition) is 5. The molecule has 4 heterocycles. The second-order valence-corrected chi connectivity index (χ2v) is 13.9. The molecule has 6 nitrogen and oxygen atoms in total. The summed E-state index contributed by atoms with van der Waals surface area (Å²) in [5, 5.41) is 9.82. The van der Waals surface area contributed by atoms with Crippen LogP contribution in [0.4, 0.5) is 0 Å². The standard InChI is InChI=1S/C50H31N5O/c1-4-15-32(16-5-1)42-31-35-21-10-11-24-39(35)47-45(33-17-6-2-7-18-33)46(54-55(42)47)36-22-14-23-37(29-36)49-51-48(34-19-8-3-9-20-34)52-50(53-49)38-27-28-44-41(30-38)40-25-12-13-26-43(40)56-44/h1-31H. The minimum Gasteiger partial charge on any atom is -0.456 e. The number of hydrogen-bond donors (Lipinski definition) is 0. The van der Waals surface area contributed by atoms with Crippen LogP contribution in [0.25, 0.3) is 106 Å². The Bertz CT molecular complexity index is 3240. The van der Waals surface area contributed by atoms with E-state index >= 15 is 0 Å². The zero-order chi connectivity index (χ0) is 37.0. The first kappa shape index (κ1) is 31.8. The van der Waals surface area contributed by atoms with Gasteiger partial charge in [-0.3, -0.25) is 0 Å². The Morgan fingerprint density at radius 1 is 0.375 bits per heavy atom. The van der Waals surface area contributed by atoms with E-state index in [4.69, 9.17) is 24.5 Å². The molecule has 0 fully saturated rings. The summed E-state index contributed by atoms with van der Waals surface area (Å²) < 4.78 is 8.26. The molecule has 262 valence electrons. The number of fused-ring (bicyclic) bond motifs is 6. The molecule has 11 rings (SSSR count). The van der Waals surface area contributed by atoms with Gasteiger partial charge in [-0.25, -0.2) is 19.5 Å². The van der Waals surface area contributed by atoms with Gasteiger partial charge >= 0.3 is 0 Å². The van der Waals surface area contributed by atoms with E-state index in [9.17, 15) is 0 Å². The fourth-order valence-electron chi connectivity index (χ4n) is 7.80. The van der Waals surface area contributed by atoms with Crippen molar-refractivity contribution in [2.45, 2.75) is 0 Å². The zero-order valence-electron chi connectivity index (χ0n) is 30.0. The van der Waals surface area contributed by atoms with Gasteiger partial charge in [-0.15, -0.1) is 0 Å². The van der Waals surface area contributed by atoms with E-state index in [2.05, 4.69) is 126 Å². The summed E-state index contributed by atoms with van der Waals surface area (Å²) in [5.41, 5.74) is 11.5. The Morgan fingerprint density at radius 3 is 1.68 bits per heavy atom. The first-order valence-electron chi connectivity index (χ1n) is 18.6. The van der Waals surface area contributed by atoms with Crippen molar-refractivity contribution in [1.29, 1.82) is 0 Å². The topological polar surface area (TPSA) is 69.1 Å². The third kappa shape index (κ3) is 5.35. The summed E-state index contributed by atoms with van der Waals surface area (Å²) in [7, 11) is 0. The Hall–Kier alpha value is -7.70. The van der Waals surface area contributed by atoms with Crippen LogP contribution in [0.5, 0.6) is 0 Å². The number of rotatable bonds is 6. The molecule has 6 heteroatoms. The smallest absolute Gasteiger partial charge is 0.164 e. The Morgan fingerprint density at radius 2 is 0.929 bits per heavy atom. The first-order chi connectivity index (χ1) is 27.7. The lowest BCUT2D eigenvalue weighted by molar-refractivity contribution is 0.669. The molecule has 0 N–H and O–H groups in total. The van der Waals surface area contributed by atoms with Crippen molar-refractivity contribution in [2.24, 2.45) is 0 Å². The molecule has 56 heavy (non-hydrogen) atoms. The van der Waals surface area contributed by atoms with Crippen LogP contribution in [0.15, 0.2) is 192 Å². The quantitative estimate of drug-likeness (QED) is 0.171. The number of para-hydroxylation sites is 1. The normalized spacial score (nSPS) is 11.6. The first-order valence-corrected chi connectivity index (χ1v) is 18.6. The van der Waals surface area contributed by atoms with E-state index in [1.165, 1.54) is 0 Å². The molecule has 0 aliphatic heterocycles. The molecule has 0 aliphatic rings. The van der Waals surface area contributed by atoms with Crippen LogP contribution >= 0.6 is 0 Å². The van der Waals surface area contributed by atoms with Gasteiger partial charge in [-0.2, -0.15) is 5.10 Å². The molecule has 7 aromatic carbocycles. The van der Waals surface area contributed by atoms with Crippen LogP contribution in [0, 0.1) is 0 Å². The molecular formula is C50H31N5O. The molecule has 0 atom stereocenters. The molecule has 0 saturated heterocycles. The number of pyridine rings is 1. The maximum Gasteiger partial charge on any atom is 0.164 e. The van der Waals surface area contributed by atoms with E-state index in [0.29, 0.717) is 17.5 Å². The fourth-order valence-corrected chi connectivity index (χ4v) is 7.80. The lowest BCUT2D eigenvalue weighted by Gasteiger charge is -2.11.